The predicted octanol–water partition coefficient (Wildman–Crippen LogP) is 4.53. The number of likely N-dealkylation sites (N-methyl/N-ethyl adjacent to an activating group) is 1. The molecule has 0 unspecified atom stereocenters. The number of nitrogens with zero attached hydrogens (tertiary/aromatic N) is 3. The van der Waals surface area contributed by atoms with Crippen LogP contribution in [0.4, 0.5) is 0 Å². The van der Waals surface area contributed by atoms with Crippen LogP contribution in [0.1, 0.15) is 22.9 Å². The molecule has 5 nitrogen and oxygen atoms in total. The third-order valence-corrected chi connectivity index (χ3v) is 4.75. The molecule has 144 valence electrons. The molecule has 0 N–H and O–H groups in total. The highest BCUT2D eigenvalue weighted by Crippen LogP contribution is 2.27. The average Bonchev–Trinajstić information content (AvgIpc) is 3.24. The predicted molar refractivity (Wildman–Crippen MR) is 111 cm³/mol. The first-order valence-corrected chi connectivity index (χ1v) is 9.45. The maximum absolute atomic E-state index is 13.4. The second-order valence-corrected chi connectivity index (χ2v) is 6.82. The van der Waals surface area contributed by atoms with E-state index in [-0.39, 0.29) is 18.4 Å². The van der Waals surface area contributed by atoms with Crippen LogP contribution in [0.2, 0.25) is 0 Å². The zero-order chi connectivity index (χ0) is 20.1. The quantitative estimate of drug-likeness (QED) is 0.491. The van der Waals surface area contributed by atoms with Gasteiger partial charge in [-0.3, -0.25) is 4.79 Å². The first-order valence-electron chi connectivity index (χ1n) is 9.45. The highest BCUT2D eigenvalue weighted by molar-refractivity contribution is 5.87. The van der Waals surface area contributed by atoms with E-state index >= 15 is 0 Å². The van der Waals surface area contributed by atoms with Crippen LogP contribution in [-0.2, 0) is 11.3 Å². The molecule has 0 radical (unpaired) electrons. The van der Waals surface area contributed by atoms with Gasteiger partial charge in [0.15, 0.2) is 0 Å². The van der Waals surface area contributed by atoms with Crippen LogP contribution in [-0.4, -0.2) is 28.1 Å². The molecular weight excluding hydrogens is 362 g/mol. The van der Waals surface area contributed by atoms with Gasteiger partial charge in [0.2, 0.25) is 17.7 Å². The molecule has 3 aromatic carbocycles. The molecule has 0 saturated carbocycles. The molecule has 0 atom stereocenters. The molecule has 0 fully saturated rings. The smallest absolute Gasteiger partial charge is 0.247 e. The van der Waals surface area contributed by atoms with Crippen molar-refractivity contribution in [3.05, 3.63) is 108 Å². The van der Waals surface area contributed by atoms with Crippen molar-refractivity contribution in [3.8, 4) is 11.5 Å². The highest BCUT2D eigenvalue weighted by atomic mass is 16.4. The lowest BCUT2D eigenvalue weighted by Gasteiger charge is -2.23. The fraction of sp³-hybridized carbons (Fsp3) is 0.125. The van der Waals surface area contributed by atoms with E-state index in [9.17, 15) is 4.79 Å². The summed E-state index contributed by atoms with van der Waals surface area (Å²) in [5.74, 6) is 0.435. The van der Waals surface area contributed by atoms with E-state index in [1.165, 1.54) is 0 Å². The van der Waals surface area contributed by atoms with Gasteiger partial charge in [-0.05, 0) is 23.3 Å². The number of carbonyl (C=O) groups excluding carboxylic acids is 1. The Morgan fingerprint density at radius 1 is 0.828 bits per heavy atom. The van der Waals surface area contributed by atoms with Crippen LogP contribution in [0, 0.1) is 0 Å². The van der Waals surface area contributed by atoms with Gasteiger partial charge >= 0.3 is 0 Å². The van der Waals surface area contributed by atoms with Gasteiger partial charge in [0, 0.05) is 12.6 Å². The van der Waals surface area contributed by atoms with Gasteiger partial charge in [0.25, 0.3) is 0 Å². The molecule has 0 saturated heterocycles. The van der Waals surface area contributed by atoms with Crippen LogP contribution in [0.3, 0.4) is 0 Å². The first kappa shape index (κ1) is 18.6. The summed E-state index contributed by atoms with van der Waals surface area (Å²) in [5, 5.41) is 8.21. The fourth-order valence-electron chi connectivity index (χ4n) is 3.28. The second-order valence-electron chi connectivity index (χ2n) is 6.82. The Morgan fingerprint density at radius 3 is 1.90 bits per heavy atom. The number of amides is 1. The number of carbonyl (C=O) groups is 1. The normalized spacial score (nSPS) is 10.8. The van der Waals surface area contributed by atoms with E-state index < -0.39 is 0 Å². The van der Waals surface area contributed by atoms with Gasteiger partial charge < -0.3 is 9.32 Å². The standard InChI is InChI=1S/C24H21N3O2/c1-27(17-21-25-26-23(29-21)20-15-9-4-10-16-20)24(28)22(18-11-5-2-6-12-18)19-13-7-3-8-14-19/h2-16,22H,17H2,1H3. The maximum atomic E-state index is 13.4. The summed E-state index contributed by atoms with van der Waals surface area (Å²) in [4.78, 5) is 15.0. The largest absolute Gasteiger partial charge is 0.419 e. The first-order chi connectivity index (χ1) is 14.2. The Labute approximate surface area is 169 Å². The Hall–Kier alpha value is -3.73. The summed E-state index contributed by atoms with van der Waals surface area (Å²) in [6.07, 6.45) is 0. The third-order valence-electron chi connectivity index (χ3n) is 4.75. The molecule has 0 aliphatic carbocycles. The zero-order valence-corrected chi connectivity index (χ0v) is 16.1. The number of aromatic nitrogens is 2. The van der Waals surface area contributed by atoms with Crippen LogP contribution in [0.25, 0.3) is 11.5 Å². The van der Waals surface area contributed by atoms with Crippen LogP contribution in [0.5, 0.6) is 0 Å². The summed E-state index contributed by atoms with van der Waals surface area (Å²) in [6, 6.07) is 29.2. The second kappa shape index (κ2) is 8.52. The molecule has 5 heteroatoms. The van der Waals surface area contributed by atoms with Crippen molar-refractivity contribution in [3.63, 3.8) is 0 Å². The highest BCUT2D eigenvalue weighted by Gasteiger charge is 2.26. The lowest BCUT2D eigenvalue weighted by Crippen LogP contribution is -2.32. The maximum Gasteiger partial charge on any atom is 0.247 e. The van der Waals surface area contributed by atoms with Crippen LogP contribution < -0.4 is 0 Å². The molecule has 0 aliphatic rings. The van der Waals surface area contributed by atoms with Crippen molar-refractivity contribution in [2.75, 3.05) is 7.05 Å². The number of rotatable bonds is 6. The minimum Gasteiger partial charge on any atom is -0.419 e. The van der Waals surface area contributed by atoms with E-state index in [2.05, 4.69) is 10.2 Å². The molecule has 29 heavy (non-hydrogen) atoms. The van der Waals surface area contributed by atoms with Gasteiger partial charge in [-0.15, -0.1) is 10.2 Å². The summed E-state index contributed by atoms with van der Waals surface area (Å²) in [7, 11) is 1.76. The minimum absolute atomic E-state index is 0.0261. The van der Waals surface area contributed by atoms with E-state index in [0.29, 0.717) is 11.8 Å². The molecule has 0 aliphatic heterocycles. The van der Waals surface area contributed by atoms with Gasteiger partial charge in [0.1, 0.15) is 0 Å². The van der Waals surface area contributed by atoms with Gasteiger partial charge in [-0.25, -0.2) is 0 Å². The zero-order valence-electron chi connectivity index (χ0n) is 16.1. The molecule has 0 bridgehead atoms. The van der Waals surface area contributed by atoms with Crippen LogP contribution in [0.15, 0.2) is 95.4 Å². The lowest BCUT2D eigenvalue weighted by molar-refractivity contribution is -0.131. The van der Waals surface area contributed by atoms with Crippen molar-refractivity contribution in [1.82, 2.24) is 15.1 Å². The van der Waals surface area contributed by atoms with E-state index in [4.69, 9.17) is 4.42 Å². The Bertz CT molecular complexity index is 1020. The molecule has 1 aromatic heterocycles. The van der Waals surface area contributed by atoms with E-state index in [1.807, 2.05) is 91.0 Å². The summed E-state index contributed by atoms with van der Waals surface area (Å²) < 4.78 is 5.77. The molecule has 4 aromatic rings. The van der Waals surface area contributed by atoms with Gasteiger partial charge in [-0.1, -0.05) is 78.9 Å². The van der Waals surface area contributed by atoms with Crippen molar-refractivity contribution in [1.29, 1.82) is 0 Å². The molecule has 1 heterocycles. The monoisotopic (exact) mass is 383 g/mol. The summed E-state index contributed by atoms with van der Waals surface area (Å²) in [5.41, 5.74) is 2.75. The lowest BCUT2D eigenvalue weighted by atomic mass is 9.90. The van der Waals surface area contributed by atoms with Crippen molar-refractivity contribution < 1.29 is 9.21 Å². The summed E-state index contributed by atoms with van der Waals surface area (Å²) in [6.45, 7) is 0.245. The Balaban J connectivity index is 1.56. The molecule has 1 amide bonds. The Kier molecular flexibility index (Phi) is 5.47. The van der Waals surface area contributed by atoms with Gasteiger partial charge in [-0.2, -0.15) is 0 Å². The van der Waals surface area contributed by atoms with Crippen molar-refractivity contribution >= 4 is 5.91 Å². The van der Waals surface area contributed by atoms with E-state index in [1.54, 1.807) is 11.9 Å². The fourth-order valence-corrected chi connectivity index (χ4v) is 3.28. The topological polar surface area (TPSA) is 59.2 Å². The van der Waals surface area contributed by atoms with Gasteiger partial charge in [0.05, 0.1) is 12.5 Å². The molecular formula is C24H21N3O2. The molecule has 0 spiro atoms. The Morgan fingerprint density at radius 2 is 1.34 bits per heavy atom. The van der Waals surface area contributed by atoms with E-state index in [0.717, 1.165) is 16.7 Å². The number of hydrogen-bond acceptors (Lipinski definition) is 4. The molecule has 4 rings (SSSR count). The SMILES string of the molecule is CN(Cc1nnc(-c2ccccc2)o1)C(=O)C(c1ccccc1)c1ccccc1. The summed E-state index contributed by atoms with van der Waals surface area (Å²) >= 11 is 0. The number of benzene rings is 3. The third kappa shape index (κ3) is 4.24. The van der Waals surface area contributed by atoms with Crippen molar-refractivity contribution in [2.45, 2.75) is 12.5 Å². The van der Waals surface area contributed by atoms with Crippen molar-refractivity contribution in [2.24, 2.45) is 0 Å². The average molecular weight is 383 g/mol. The minimum atomic E-state index is -0.390. The number of hydrogen-bond donors (Lipinski definition) is 0. The van der Waals surface area contributed by atoms with Crippen LogP contribution >= 0.6 is 0 Å².